The van der Waals surface area contributed by atoms with Crippen molar-refractivity contribution in [2.75, 3.05) is 12.4 Å². The first-order valence-corrected chi connectivity index (χ1v) is 8.89. The number of anilines is 1. The van der Waals surface area contributed by atoms with Gasteiger partial charge in [0, 0.05) is 5.39 Å². The van der Waals surface area contributed by atoms with Crippen LogP contribution in [0, 0.1) is 0 Å². The lowest BCUT2D eigenvalue weighted by molar-refractivity contribution is 0.0602. The van der Waals surface area contributed by atoms with Gasteiger partial charge in [0.2, 0.25) is 0 Å². The van der Waals surface area contributed by atoms with Crippen molar-refractivity contribution in [2.24, 2.45) is 0 Å². The van der Waals surface area contributed by atoms with Gasteiger partial charge < -0.3 is 14.5 Å². The van der Waals surface area contributed by atoms with Gasteiger partial charge >= 0.3 is 11.6 Å². The Labute approximate surface area is 157 Å². The first kappa shape index (κ1) is 17.0. The van der Waals surface area contributed by atoms with Crippen LogP contribution in [0.5, 0.6) is 0 Å². The molecule has 0 atom stereocenters. The summed E-state index contributed by atoms with van der Waals surface area (Å²) in [6.45, 7) is 0. The Hall–Kier alpha value is -3.45. The fourth-order valence-corrected chi connectivity index (χ4v) is 3.65. The molecule has 0 bridgehead atoms. The summed E-state index contributed by atoms with van der Waals surface area (Å²) < 4.78 is 10.0. The molecule has 2 aromatic carbocycles. The predicted molar refractivity (Wildman–Crippen MR) is 104 cm³/mol. The molecule has 0 radical (unpaired) electrons. The number of hydrogen-bond donors (Lipinski definition) is 1. The first-order valence-electron chi connectivity index (χ1n) is 8.01. The van der Waals surface area contributed by atoms with E-state index in [1.165, 1.54) is 13.2 Å². The SMILES string of the molecule is COC(=O)c1ccsc1NC(=O)c1cc2c(ccc3ccccc32)oc1=O. The van der Waals surface area contributed by atoms with E-state index in [1.807, 2.05) is 30.3 Å². The number of fused-ring (bicyclic) bond motifs is 3. The van der Waals surface area contributed by atoms with Gasteiger partial charge in [-0.2, -0.15) is 0 Å². The van der Waals surface area contributed by atoms with Gasteiger partial charge in [0.25, 0.3) is 5.91 Å². The number of carbonyl (C=O) groups excluding carboxylic acids is 2. The first-order chi connectivity index (χ1) is 13.1. The van der Waals surface area contributed by atoms with Crippen molar-refractivity contribution in [3.05, 3.63) is 75.5 Å². The van der Waals surface area contributed by atoms with Crippen molar-refractivity contribution in [1.82, 2.24) is 0 Å². The minimum absolute atomic E-state index is 0.136. The minimum Gasteiger partial charge on any atom is -0.465 e. The minimum atomic E-state index is -0.744. The van der Waals surface area contributed by atoms with Crippen LogP contribution in [0.3, 0.4) is 0 Å². The van der Waals surface area contributed by atoms with Crippen molar-refractivity contribution in [3.63, 3.8) is 0 Å². The van der Waals surface area contributed by atoms with Gasteiger partial charge in [-0.3, -0.25) is 4.79 Å². The number of methoxy groups -OCH3 is 1. The Morgan fingerprint density at radius 3 is 2.67 bits per heavy atom. The fraction of sp³-hybridized carbons (Fsp3) is 0.0500. The quantitative estimate of drug-likeness (QED) is 0.330. The van der Waals surface area contributed by atoms with Gasteiger partial charge in [0.05, 0.1) is 12.7 Å². The summed E-state index contributed by atoms with van der Waals surface area (Å²) in [6, 6.07) is 14.2. The van der Waals surface area contributed by atoms with Crippen LogP contribution in [0.1, 0.15) is 20.7 Å². The molecule has 0 aliphatic heterocycles. The lowest BCUT2D eigenvalue weighted by Crippen LogP contribution is -2.21. The maximum absolute atomic E-state index is 12.7. The number of nitrogens with one attached hydrogen (secondary N) is 1. The van der Waals surface area contributed by atoms with Gasteiger partial charge in [-0.15, -0.1) is 11.3 Å². The van der Waals surface area contributed by atoms with E-state index in [0.717, 1.165) is 22.1 Å². The van der Waals surface area contributed by atoms with Crippen LogP contribution >= 0.6 is 11.3 Å². The monoisotopic (exact) mass is 379 g/mol. The van der Waals surface area contributed by atoms with E-state index in [9.17, 15) is 14.4 Å². The molecule has 0 unspecified atom stereocenters. The molecule has 4 rings (SSSR count). The third-order valence-corrected chi connectivity index (χ3v) is 5.01. The van der Waals surface area contributed by atoms with Crippen LogP contribution in [0.4, 0.5) is 5.00 Å². The summed E-state index contributed by atoms with van der Waals surface area (Å²) in [4.78, 5) is 36.7. The van der Waals surface area contributed by atoms with Crippen LogP contribution in [-0.2, 0) is 4.74 Å². The number of carbonyl (C=O) groups is 2. The van der Waals surface area contributed by atoms with Crippen molar-refractivity contribution in [2.45, 2.75) is 0 Å². The largest absolute Gasteiger partial charge is 0.465 e. The molecule has 0 saturated carbocycles. The third kappa shape index (κ3) is 2.98. The van der Waals surface area contributed by atoms with Crippen molar-refractivity contribution < 1.29 is 18.7 Å². The van der Waals surface area contributed by atoms with Crippen LogP contribution in [0.2, 0.25) is 0 Å². The third-order valence-electron chi connectivity index (χ3n) is 4.18. The standard InChI is InChI=1S/C20H13NO5S/c1-25-19(23)13-8-9-27-18(13)21-17(22)15-10-14-12-5-3-2-4-11(12)6-7-16(14)26-20(15)24/h2-10H,1H3,(H,21,22). The summed E-state index contributed by atoms with van der Waals surface area (Å²) in [7, 11) is 1.26. The molecule has 1 N–H and O–H groups in total. The molecule has 6 nitrogen and oxygen atoms in total. The van der Waals surface area contributed by atoms with Crippen LogP contribution in [0.25, 0.3) is 21.7 Å². The highest BCUT2D eigenvalue weighted by molar-refractivity contribution is 7.14. The Morgan fingerprint density at radius 1 is 1.04 bits per heavy atom. The normalized spacial score (nSPS) is 10.9. The molecule has 0 aliphatic rings. The van der Waals surface area contributed by atoms with Gasteiger partial charge in [-0.25, -0.2) is 9.59 Å². The van der Waals surface area contributed by atoms with Crippen molar-refractivity contribution >= 4 is 50.0 Å². The molecular formula is C20H13NO5S. The molecule has 7 heteroatoms. The number of benzene rings is 2. The number of thiophene rings is 1. The fourth-order valence-electron chi connectivity index (χ4n) is 2.88. The summed E-state index contributed by atoms with van der Waals surface area (Å²) in [5.74, 6) is -1.21. The zero-order chi connectivity index (χ0) is 19.0. The number of ether oxygens (including phenoxy) is 1. The maximum Gasteiger partial charge on any atom is 0.349 e. The van der Waals surface area contributed by atoms with E-state index in [1.54, 1.807) is 17.5 Å². The van der Waals surface area contributed by atoms with Crippen LogP contribution < -0.4 is 10.9 Å². The number of esters is 1. The van der Waals surface area contributed by atoms with E-state index >= 15 is 0 Å². The van der Waals surface area contributed by atoms with Crippen molar-refractivity contribution in [1.29, 1.82) is 0 Å². The predicted octanol–water partition coefficient (Wildman–Crippen LogP) is 4.05. The summed E-state index contributed by atoms with van der Waals surface area (Å²) in [6.07, 6.45) is 0. The second-order valence-corrected chi connectivity index (χ2v) is 6.67. The number of amides is 1. The highest BCUT2D eigenvalue weighted by Crippen LogP contribution is 2.27. The summed E-state index contributed by atoms with van der Waals surface area (Å²) in [5.41, 5.74) is -0.248. The average molecular weight is 379 g/mol. The summed E-state index contributed by atoms with van der Waals surface area (Å²) >= 11 is 1.16. The lowest BCUT2D eigenvalue weighted by Gasteiger charge is -2.07. The Bertz CT molecular complexity index is 1250. The second kappa shape index (κ2) is 6.69. The van der Waals surface area contributed by atoms with Crippen molar-refractivity contribution in [3.8, 4) is 0 Å². The van der Waals surface area contributed by atoms with Gasteiger partial charge in [0.1, 0.15) is 16.1 Å². The molecule has 0 saturated heterocycles. The van der Waals surface area contributed by atoms with Crippen LogP contribution in [0.15, 0.2) is 63.1 Å². The molecule has 0 aliphatic carbocycles. The smallest absolute Gasteiger partial charge is 0.349 e. The molecule has 2 heterocycles. The molecule has 0 spiro atoms. The average Bonchev–Trinajstić information content (AvgIpc) is 3.14. The number of rotatable bonds is 3. The molecule has 134 valence electrons. The Kier molecular flexibility index (Phi) is 4.21. The van der Waals surface area contributed by atoms with E-state index in [4.69, 9.17) is 4.42 Å². The maximum atomic E-state index is 12.7. The van der Waals surface area contributed by atoms with Gasteiger partial charge in [0.15, 0.2) is 0 Å². The zero-order valence-corrected chi connectivity index (χ0v) is 15.0. The molecule has 2 aromatic heterocycles. The number of hydrogen-bond acceptors (Lipinski definition) is 6. The molecule has 27 heavy (non-hydrogen) atoms. The van der Waals surface area contributed by atoms with E-state index in [-0.39, 0.29) is 11.1 Å². The van der Waals surface area contributed by atoms with E-state index < -0.39 is 17.5 Å². The highest BCUT2D eigenvalue weighted by atomic mass is 32.1. The van der Waals surface area contributed by atoms with Gasteiger partial charge in [-0.1, -0.05) is 30.3 Å². The molecule has 4 aromatic rings. The van der Waals surface area contributed by atoms with E-state index in [2.05, 4.69) is 10.1 Å². The Morgan fingerprint density at radius 2 is 1.85 bits per heavy atom. The van der Waals surface area contributed by atoms with E-state index in [0.29, 0.717) is 16.0 Å². The van der Waals surface area contributed by atoms with Gasteiger partial charge in [-0.05, 0) is 34.4 Å². The summed E-state index contributed by atoms with van der Waals surface area (Å²) in [5, 5.41) is 7.06. The molecule has 0 fully saturated rings. The zero-order valence-electron chi connectivity index (χ0n) is 14.1. The lowest BCUT2D eigenvalue weighted by atomic mass is 10.0. The second-order valence-electron chi connectivity index (χ2n) is 5.76. The highest BCUT2D eigenvalue weighted by Gasteiger charge is 2.19. The molecular weight excluding hydrogens is 366 g/mol. The topological polar surface area (TPSA) is 85.6 Å². The molecule has 1 amide bonds. The Balaban J connectivity index is 1.79. The van der Waals surface area contributed by atoms with Crippen LogP contribution in [-0.4, -0.2) is 19.0 Å².